The minimum Gasteiger partial charge on any atom is -0.454 e. The molecule has 0 aliphatic carbocycles. The van der Waals surface area contributed by atoms with Crippen LogP contribution in [0.2, 0.25) is 5.02 Å². The van der Waals surface area contributed by atoms with E-state index in [0.717, 1.165) is 16.7 Å². The quantitative estimate of drug-likeness (QED) is 0.675. The first-order valence-corrected chi connectivity index (χ1v) is 6.20. The second-order valence-corrected chi connectivity index (χ2v) is 4.86. The molecule has 19 heavy (non-hydrogen) atoms. The monoisotopic (exact) mass is 274 g/mol. The van der Waals surface area contributed by atoms with Crippen molar-refractivity contribution in [3.05, 3.63) is 53.3 Å². The van der Waals surface area contributed by atoms with E-state index >= 15 is 0 Å². The highest BCUT2D eigenvalue weighted by Gasteiger charge is 2.30. The fourth-order valence-electron chi connectivity index (χ4n) is 2.19. The standard InChI is InChI=1S/C14H11ClN2O2/c1-8-4-13(19-14(8)18)11-3-2-10(15)5-12(11)9-6-16-17-7-9/h2-3,5-7,13H,1,4H2,(H,16,17)/t13-/m0/s1. The van der Waals surface area contributed by atoms with Crippen molar-refractivity contribution in [2.24, 2.45) is 0 Å². The van der Waals surface area contributed by atoms with E-state index < -0.39 is 0 Å². The maximum Gasteiger partial charge on any atom is 0.334 e. The Morgan fingerprint density at radius 2 is 2.32 bits per heavy atom. The van der Waals surface area contributed by atoms with Crippen LogP contribution in [0.1, 0.15) is 18.1 Å². The number of aromatic amines is 1. The van der Waals surface area contributed by atoms with Gasteiger partial charge in [-0.05, 0) is 17.7 Å². The van der Waals surface area contributed by atoms with E-state index in [2.05, 4.69) is 16.8 Å². The summed E-state index contributed by atoms with van der Waals surface area (Å²) in [7, 11) is 0. The van der Waals surface area contributed by atoms with E-state index in [4.69, 9.17) is 16.3 Å². The Hall–Kier alpha value is -2.07. The molecule has 0 spiro atoms. The van der Waals surface area contributed by atoms with Gasteiger partial charge in [0.15, 0.2) is 0 Å². The topological polar surface area (TPSA) is 55.0 Å². The number of H-pyrrole nitrogens is 1. The average molecular weight is 275 g/mol. The number of esters is 1. The van der Waals surface area contributed by atoms with Gasteiger partial charge in [-0.15, -0.1) is 0 Å². The van der Waals surface area contributed by atoms with Crippen molar-refractivity contribution in [3.8, 4) is 11.1 Å². The summed E-state index contributed by atoms with van der Waals surface area (Å²) in [6.45, 7) is 3.70. The average Bonchev–Trinajstić information content (AvgIpc) is 3.00. The molecule has 0 unspecified atom stereocenters. The number of cyclic esters (lactones) is 1. The number of hydrogen-bond acceptors (Lipinski definition) is 3. The Morgan fingerprint density at radius 1 is 1.47 bits per heavy atom. The van der Waals surface area contributed by atoms with Gasteiger partial charge in [0.25, 0.3) is 0 Å². The number of carbonyl (C=O) groups is 1. The molecule has 1 atom stereocenters. The fraction of sp³-hybridized carbons (Fsp3) is 0.143. The van der Waals surface area contributed by atoms with E-state index in [0.29, 0.717) is 17.0 Å². The zero-order chi connectivity index (χ0) is 13.4. The zero-order valence-electron chi connectivity index (χ0n) is 10.0. The highest BCUT2D eigenvalue weighted by molar-refractivity contribution is 6.30. The zero-order valence-corrected chi connectivity index (χ0v) is 10.8. The summed E-state index contributed by atoms with van der Waals surface area (Å²) in [6, 6.07) is 5.51. The molecule has 1 aromatic carbocycles. The second kappa shape index (κ2) is 4.55. The largest absolute Gasteiger partial charge is 0.454 e. The van der Waals surface area contributed by atoms with E-state index in [1.54, 1.807) is 18.5 Å². The Morgan fingerprint density at radius 3 is 2.95 bits per heavy atom. The first kappa shape index (κ1) is 12.0. The molecular formula is C14H11ClN2O2. The van der Waals surface area contributed by atoms with E-state index in [1.807, 2.05) is 12.1 Å². The van der Waals surface area contributed by atoms with E-state index in [9.17, 15) is 4.79 Å². The van der Waals surface area contributed by atoms with Gasteiger partial charge in [-0.1, -0.05) is 24.2 Å². The van der Waals surface area contributed by atoms with Crippen LogP contribution in [-0.4, -0.2) is 16.2 Å². The number of halogens is 1. The first-order chi connectivity index (χ1) is 9.15. The third-order valence-electron chi connectivity index (χ3n) is 3.14. The van der Waals surface area contributed by atoms with Crippen molar-refractivity contribution in [1.82, 2.24) is 10.2 Å². The molecule has 2 heterocycles. The molecule has 96 valence electrons. The van der Waals surface area contributed by atoms with Crippen molar-refractivity contribution >= 4 is 17.6 Å². The van der Waals surface area contributed by atoms with E-state index in [1.165, 1.54) is 0 Å². The number of carbonyl (C=O) groups excluding carboxylic acids is 1. The van der Waals surface area contributed by atoms with Gasteiger partial charge in [0, 0.05) is 34.3 Å². The molecule has 0 saturated carbocycles. The maximum atomic E-state index is 11.5. The van der Waals surface area contributed by atoms with Crippen LogP contribution in [-0.2, 0) is 9.53 Å². The van der Waals surface area contributed by atoms with Crippen molar-refractivity contribution in [2.75, 3.05) is 0 Å². The number of aromatic nitrogens is 2. The third-order valence-corrected chi connectivity index (χ3v) is 3.38. The van der Waals surface area contributed by atoms with Gasteiger partial charge in [-0.3, -0.25) is 5.10 Å². The second-order valence-electron chi connectivity index (χ2n) is 4.42. The minimum atomic E-state index is -0.335. The molecule has 1 aliphatic rings. The maximum absolute atomic E-state index is 11.5. The summed E-state index contributed by atoms with van der Waals surface area (Å²) in [5.41, 5.74) is 3.23. The first-order valence-electron chi connectivity index (χ1n) is 5.82. The molecule has 1 aliphatic heterocycles. The lowest BCUT2D eigenvalue weighted by Crippen LogP contribution is -2.00. The number of ether oxygens (including phenoxy) is 1. The lowest BCUT2D eigenvalue weighted by molar-refractivity contribution is -0.139. The molecule has 1 N–H and O–H groups in total. The Balaban J connectivity index is 2.07. The number of hydrogen-bond donors (Lipinski definition) is 1. The normalized spacial score (nSPS) is 18.7. The molecule has 1 saturated heterocycles. The van der Waals surface area contributed by atoms with Crippen molar-refractivity contribution < 1.29 is 9.53 Å². The molecule has 0 amide bonds. The number of rotatable bonds is 2. The fourth-order valence-corrected chi connectivity index (χ4v) is 2.36. The lowest BCUT2D eigenvalue weighted by atomic mass is 9.96. The number of nitrogens with one attached hydrogen (secondary N) is 1. The molecule has 4 nitrogen and oxygen atoms in total. The summed E-state index contributed by atoms with van der Waals surface area (Å²) >= 11 is 6.04. The van der Waals surface area contributed by atoms with Crippen LogP contribution >= 0.6 is 11.6 Å². The van der Waals surface area contributed by atoms with Crippen LogP contribution in [0.25, 0.3) is 11.1 Å². The number of nitrogens with zero attached hydrogens (tertiary/aromatic N) is 1. The van der Waals surface area contributed by atoms with Crippen LogP contribution in [0.3, 0.4) is 0 Å². The molecular weight excluding hydrogens is 264 g/mol. The van der Waals surface area contributed by atoms with Gasteiger partial charge >= 0.3 is 5.97 Å². The summed E-state index contributed by atoms with van der Waals surface area (Å²) in [4.78, 5) is 11.5. The predicted molar refractivity (Wildman–Crippen MR) is 71.6 cm³/mol. The SMILES string of the molecule is C=C1C[C@@H](c2ccc(Cl)cc2-c2cn[nH]c2)OC1=O. The van der Waals surface area contributed by atoms with Crippen LogP contribution in [0.4, 0.5) is 0 Å². The van der Waals surface area contributed by atoms with Crippen LogP contribution in [0.15, 0.2) is 42.7 Å². The van der Waals surface area contributed by atoms with Crippen LogP contribution in [0.5, 0.6) is 0 Å². The molecule has 1 fully saturated rings. The van der Waals surface area contributed by atoms with Gasteiger partial charge in [-0.25, -0.2) is 4.79 Å². The molecule has 3 rings (SSSR count). The predicted octanol–water partition coefficient (Wildman–Crippen LogP) is 3.27. The number of benzene rings is 1. The van der Waals surface area contributed by atoms with E-state index in [-0.39, 0.29) is 12.1 Å². The smallest absolute Gasteiger partial charge is 0.334 e. The van der Waals surface area contributed by atoms with Crippen molar-refractivity contribution in [1.29, 1.82) is 0 Å². The Kier molecular flexibility index (Phi) is 2.87. The third kappa shape index (κ3) is 2.15. The van der Waals surface area contributed by atoms with Gasteiger partial charge in [-0.2, -0.15) is 5.10 Å². The summed E-state index contributed by atoms with van der Waals surface area (Å²) in [6.07, 6.45) is 3.69. The molecule has 1 aromatic heterocycles. The Bertz CT molecular complexity index is 633. The summed E-state index contributed by atoms with van der Waals surface area (Å²) < 4.78 is 5.33. The van der Waals surface area contributed by atoms with Crippen molar-refractivity contribution in [3.63, 3.8) is 0 Å². The Labute approximate surface area is 115 Å². The minimum absolute atomic E-state index is 0.304. The highest BCUT2D eigenvalue weighted by Crippen LogP contribution is 2.38. The van der Waals surface area contributed by atoms with Gasteiger partial charge in [0.1, 0.15) is 6.10 Å². The van der Waals surface area contributed by atoms with Gasteiger partial charge in [0.2, 0.25) is 0 Å². The van der Waals surface area contributed by atoms with Crippen LogP contribution in [0, 0.1) is 0 Å². The molecule has 0 bridgehead atoms. The van der Waals surface area contributed by atoms with Crippen LogP contribution < -0.4 is 0 Å². The highest BCUT2D eigenvalue weighted by atomic mass is 35.5. The lowest BCUT2D eigenvalue weighted by Gasteiger charge is -2.14. The van der Waals surface area contributed by atoms with Crippen molar-refractivity contribution in [2.45, 2.75) is 12.5 Å². The summed E-state index contributed by atoms with van der Waals surface area (Å²) in [5, 5.41) is 7.32. The molecule has 5 heteroatoms. The molecule has 2 aromatic rings. The summed E-state index contributed by atoms with van der Waals surface area (Å²) in [5.74, 6) is -0.335. The van der Waals surface area contributed by atoms with Gasteiger partial charge in [0.05, 0.1) is 6.20 Å². The molecule has 0 radical (unpaired) electrons. The van der Waals surface area contributed by atoms with Gasteiger partial charge < -0.3 is 4.74 Å².